The second-order valence-corrected chi connectivity index (χ2v) is 6.30. The van der Waals surface area contributed by atoms with Gasteiger partial charge in [-0.05, 0) is 11.6 Å². The van der Waals surface area contributed by atoms with Crippen molar-refractivity contribution in [2.75, 3.05) is 7.05 Å². The molecule has 0 heterocycles. The van der Waals surface area contributed by atoms with Gasteiger partial charge >= 0.3 is 0 Å². The molecule has 8 heteroatoms. The zero-order chi connectivity index (χ0) is 16.2. The molecule has 2 rings (SSSR count). The number of nitro benzene ring substituents is 1. The van der Waals surface area contributed by atoms with Gasteiger partial charge in [-0.2, -0.15) is 0 Å². The fraction of sp³-hybridized carbons (Fsp3) is 0.143. The Hall–Kier alpha value is -2.29. The van der Waals surface area contributed by atoms with Crippen LogP contribution in [0.5, 0.6) is 0 Å². The fourth-order valence-corrected chi connectivity index (χ4v) is 2.90. The zero-order valence-electron chi connectivity index (χ0n) is 11.7. The lowest BCUT2D eigenvalue weighted by atomic mass is 10.2. The van der Waals surface area contributed by atoms with E-state index in [0.717, 1.165) is 11.6 Å². The molecule has 0 saturated carbocycles. The maximum absolute atomic E-state index is 12.4. The number of para-hydroxylation sites is 1. The van der Waals surface area contributed by atoms with Crippen molar-refractivity contribution < 1.29 is 18.2 Å². The van der Waals surface area contributed by atoms with Crippen LogP contribution in [-0.4, -0.2) is 24.9 Å². The third kappa shape index (κ3) is 3.48. The van der Waals surface area contributed by atoms with E-state index in [0.29, 0.717) is 4.47 Å². The number of hydrogen-bond donors (Lipinski definition) is 0. The molecule has 0 fully saturated rings. The van der Waals surface area contributed by atoms with Gasteiger partial charge in [0.05, 0.1) is 11.5 Å². The van der Waals surface area contributed by atoms with Gasteiger partial charge in [0.1, 0.15) is 0 Å². The van der Waals surface area contributed by atoms with Crippen molar-refractivity contribution in [2.24, 2.45) is 0 Å². The Morgan fingerprint density at radius 1 is 1.09 bits per heavy atom. The van der Waals surface area contributed by atoms with Crippen LogP contribution in [0.1, 0.15) is 5.56 Å². The summed E-state index contributed by atoms with van der Waals surface area (Å²) in [5.41, 5.74) is 0.296. The number of nitro groups is 1. The molecular weight excluding hydrogens is 308 g/mol. The smallest absolute Gasteiger partial charge is 0.279 e. The Bertz CT molecular complexity index is 762. The van der Waals surface area contributed by atoms with Crippen LogP contribution < -0.4 is 0 Å². The number of nitrogens with zero attached hydrogens (tertiary/aromatic N) is 2. The Morgan fingerprint density at radius 2 is 1.68 bits per heavy atom. The van der Waals surface area contributed by atoms with Crippen LogP contribution >= 0.6 is 0 Å². The number of rotatable bonds is 6. The lowest BCUT2D eigenvalue weighted by Crippen LogP contribution is -2.27. The first kappa shape index (κ1) is 16.1. The predicted molar refractivity (Wildman–Crippen MR) is 79.3 cm³/mol. The molecule has 2 aromatic rings. The summed E-state index contributed by atoms with van der Waals surface area (Å²) in [4.78, 5) is 15.0. The van der Waals surface area contributed by atoms with Crippen LogP contribution in [-0.2, 0) is 21.5 Å². The number of hydrogen-bond acceptors (Lipinski definition) is 5. The molecule has 0 radical (unpaired) electrons. The Balaban J connectivity index is 2.21. The molecule has 0 atom stereocenters. The minimum atomic E-state index is -4.12. The molecule has 0 bridgehead atoms. The molecule has 0 aliphatic heterocycles. The molecule has 0 unspecified atom stereocenters. The van der Waals surface area contributed by atoms with E-state index < -0.39 is 25.5 Å². The number of sulfonamides is 1. The van der Waals surface area contributed by atoms with Crippen LogP contribution in [0.4, 0.5) is 5.69 Å². The van der Waals surface area contributed by atoms with Crippen molar-refractivity contribution in [2.45, 2.75) is 11.5 Å². The number of hydroxylamine groups is 1. The monoisotopic (exact) mass is 322 g/mol. The summed E-state index contributed by atoms with van der Waals surface area (Å²) < 4.78 is 25.4. The minimum Gasteiger partial charge on any atom is -0.279 e. The second-order valence-electron chi connectivity index (χ2n) is 4.40. The third-order valence-electron chi connectivity index (χ3n) is 2.93. The molecule has 0 aliphatic rings. The van der Waals surface area contributed by atoms with Gasteiger partial charge in [-0.25, -0.2) is 8.42 Å². The van der Waals surface area contributed by atoms with Gasteiger partial charge in [-0.15, -0.1) is 0 Å². The van der Waals surface area contributed by atoms with Crippen LogP contribution in [0.25, 0.3) is 0 Å². The zero-order valence-corrected chi connectivity index (χ0v) is 12.6. The molecule has 0 aromatic heterocycles. The summed E-state index contributed by atoms with van der Waals surface area (Å²) in [6, 6.07) is 14.1. The first-order chi connectivity index (χ1) is 10.4. The minimum absolute atomic E-state index is 0.0389. The van der Waals surface area contributed by atoms with Gasteiger partial charge < -0.3 is 0 Å². The van der Waals surface area contributed by atoms with Crippen molar-refractivity contribution in [3.8, 4) is 0 Å². The van der Waals surface area contributed by atoms with Crippen LogP contribution in [0.3, 0.4) is 0 Å². The molecule has 22 heavy (non-hydrogen) atoms. The van der Waals surface area contributed by atoms with Gasteiger partial charge in [0.15, 0.2) is 4.90 Å². The lowest BCUT2D eigenvalue weighted by Gasteiger charge is -2.16. The Morgan fingerprint density at radius 3 is 2.32 bits per heavy atom. The third-order valence-corrected chi connectivity index (χ3v) is 4.62. The van der Waals surface area contributed by atoms with Gasteiger partial charge in [0.25, 0.3) is 15.7 Å². The van der Waals surface area contributed by atoms with Crippen molar-refractivity contribution in [1.82, 2.24) is 4.47 Å². The maximum atomic E-state index is 12.4. The van der Waals surface area contributed by atoms with Crippen LogP contribution in [0.15, 0.2) is 59.5 Å². The number of benzene rings is 2. The lowest BCUT2D eigenvalue weighted by molar-refractivity contribution is -0.387. The molecule has 116 valence electrons. The molecule has 0 spiro atoms. The Labute approximate surface area is 127 Å². The molecule has 0 aliphatic carbocycles. The van der Waals surface area contributed by atoms with Crippen molar-refractivity contribution in [1.29, 1.82) is 0 Å². The summed E-state index contributed by atoms with van der Waals surface area (Å²) in [6.07, 6.45) is 0. The van der Waals surface area contributed by atoms with Gasteiger partial charge in [-0.1, -0.05) is 46.9 Å². The molecular formula is C14H14N2O5S. The van der Waals surface area contributed by atoms with E-state index in [-0.39, 0.29) is 6.61 Å². The topological polar surface area (TPSA) is 89.8 Å². The van der Waals surface area contributed by atoms with E-state index in [1.54, 1.807) is 24.3 Å². The molecule has 2 aromatic carbocycles. The standard InChI is InChI=1S/C14H14N2O5S/c1-15(21-11-12-7-3-2-4-8-12)22(19,20)14-10-6-5-9-13(14)16(17)18/h2-10H,11H2,1H3. The average molecular weight is 322 g/mol. The van der Waals surface area contributed by atoms with E-state index in [1.807, 2.05) is 6.07 Å². The SMILES string of the molecule is CN(OCc1ccccc1)S(=O)(=O)c1ccccc1[N+](=O)[O-]. The summed E-state index contributed by atoms with van der Waals surface area (Å²) in [7, 11) is -2.91. The maximum Gasteiger partial charge on any atom is 0.289 e. The second kappa shape index (κ2) is 6.65. The normalized spacial score (nSPS) is 11.5. The summed E-state index contributed by atoms with van der Waals surface area (Å²) in [5, 5.41) is 11.0. The van der Waals surface area contributed by atoms with Crippen molar-refractivity contribution >= 4 is 15.7 Å². The summed E-state index contributed by atoms with van der Waals surface area (Å²) in [5.74, 6) is 0. The molecule has 0 amide bonds. The first-order valence-corrected chi connectivity index (χ1v) is 7.76. The highest BCUT2D eigenvalue weighted by Crippen LogP contribution is 2.25. The van der Waals surface area contributed by atoms with E-state index in [1.165, 1.54) is 25.2 Å². The highest BCUT2D eigenvalue weighted by Gasteiger charge is 2.29. The van der Waals surface area contributed by atoms with E-state index in [4.69, 9.17) is 4.84 Å². The summed E-state index contributed by atoms with van der Waals surface area (Å²) >= 11 is 0. The Kier molecular flexibility index (Phi) is 4.86. The van der Waals surface area contributed by atoms with Crippen molar-refractivity contribution in [3.63, 3.8) is 0 Å². The van der Waals surface area contributed by atoms with Crippen LogP contribution in [0, 0.1) is 10.1 Å². The van der Waals surface area contributed by atoms with Crippen molar-refractivity contribution in [3.05, 3.63) is 70.3 Å². The van der Waals surface area contributed by atoms with E-state index >= 15 is 0 Å². The highest BCUT2D eigenvalue weighted by atomic mass is 32.2. The fourth-order valence-electron chi connectivity index (χ4n) is 1.77. The van der Waals surface area contributed by atoms with Gasteiger partial charge in [0, 0.05) is 13.1 Å². The quantitative estimate of drug-likeness (QED) is 0.601. The molecule has 0 saturated heterocycles. The van der Waals surface area contributed by atoms with E-state index in [2.05, 4.69) is 0 Å². The van der Waals surface area contributed by atoms with Gasteiger partial charge in [0.2, 0.25) is 0 Å². The summed E-state index contributed by atoms with van der Waals surface area (Å²) in [6.45, 7) is 0.0389. The van der Waals surface area contributed by atoms with Gasteiger partial charge in [-0.3, -0.25) is 15.0 Å². The highest BCUT2D eigenvalue weighted by molar-refractivity contribution is 7.89. The first-order valence-electron chi connectivity index (χ1n) is 6.32. The largest absolute Gasteiger partial charge is 0.289 e. The van der Waals surface area contributed by atoms with E-state index in [9.17, 15) is 18.5 Å². The van der Waals surface area contributed by atoms with Crippen LogP contribution in [0.2, 0.25) is 0 Å². The predicted octanol–water partition coefficient (Wildman–Crippen LogP) is 2.35. The molecule has 0 N–H and O–H groups in total. The molecule has 7 nitrogen and oxygen atoms in total. The average Bonchev–Trinajstić information content (AvgIpc) is 2.53.